The molecule has 4 aromatic rings. The van der Waals surface area contributed by atoms with E-state index in [2.05, 4.69) is 20.1 Å². The van der Waals surface area contributed by atoms with Crippen LogP contribution in [0, 0.1) is 0 Å². The number of rotatable bonds is 4. The number of thioether (sulfide) groups is 1. The molecule has 0 fully saturated rings. The predicted molar refractivity (Wildman–Crippen MR) is 95.6 cm³/mol. The van der Waals surface area contributed by atoms with Crippen LogP contribution in [0.4, 0.5) is 0 Å². The van der Waals surface area contributed by atoms with Crippen molar-refractivity contribution in [1.82, 2.24) is 24.6 Å². The van der Waals surface area contributed by atoms with Crippen LogP contribution in [0.1, 0.15) is 17.6 Å². The summed E-state index contributed by atoms with van der Waals surface area (Å²) < 4.78 is 1.37. The minimum atomic E-state index is -0.140. The molecular formula is C16H13N5OS2. The highest BCUT2D eigenvalue weighted by atomic mass is 32.2. The van der Waals surface area contributed by atoms with E-state index in [4.69, 9.17) is 0 Å². The number of nitrogens with zero attached hydrogens (tertiary/aromatic N) is 5. The van der Waals surface area contributed by atoms with Crippen LogP contribution in [0.2, 0.25) is 0 Å². The van der Waals surface area contributed by atoms with E-state index in [0.29, 0.717) is 10.7 Å². The molecule has 0 unspecified atom stereocenters. The van der Waals surface area contributed by atoms with Gasteiger partial charge in [-0.05, 0) is 12.5 Å². The zero-order valence-corrected chi connectivity index (χ0v) is 14.5. The van der Waals surface area contributed by atoms with Gasteiger partial charge in [0.2, 0.25) is 4.96 Å². The summed E-state index contributed by atoms with van der Waals surface area (Å²) in [6.45, 7) is 2.01. The van der Waals surface area contributed by atoms with E-state index in [9.17, 15) is 4.79 Å². The third kappa shape index (κ3) is 2.78. The van der Waals surface area contributed by atoms with Gasteiger partial charge in [0, 0.05) is 17.2 Å². The van der Waals surface area contributed by atoms with Crippen molar-refractivity contribution in [1.29, 1.82) is 0 Å². The molecule has 4 rings (SSSR count). The highest BCUT2D eigenvalue weighted by Crippen LogP contribution is 2.26. The molecule has 0 radical (unpaired) electrons. The molecule has 0 atom stereocenters. The maximum atomic E-state index is 12.2. The van der Waals surface area contributed by atoms with Crippen molar-refractivity contribution in [3.05, 3.63) is 57.7 Å². The maximum Gasteiger partial charge on any atom is 0.275 e. The van der Waals surface area contributed by atoms with Crippen LogP contribution in [0.15, 0.2) is 46.5 Å². The van der Waals surface area contributed by atoms with Crippen molar-refractivity contribution in [2.24, 2.45) is 0 Å². The van der Waals surface area contributed by atoms with E-state index in [-0.39, 0.29) is 5.56 Å². The van der Waals surface area contributed by atoms with Crippen LogP contribution in [0.3, 0.4) is 0 Å². The van der Waals surface area contributed by atoms with Gasteiger partial charge in [-0.15, -0.1) is 0 Å². The third-order valence-corrected chi connectivity index (χ3v) is 5.60. The van der Waals surface area contributed by atoms with Gasteiger partial charge < -0.3 is 0 Å². The largest absolute Gasteiger partial charge is 0.275 e. The molecule has 8 heteroatoms. The normalized spacial score (nSPS) is 11.4. The van der Waals surface area contributed by atoms with Gasteiger partial charge in [0.15, 0.2) is 0 Å². The molecule has 0 spiro atoms. The minimum absolute atomic E-state index is 0.140. The summed E-state index contributed by atoms with van der Waals surface area (Å²) in [6, 6.07) is 9.43. The number of benzene rings is 1. The summed E-state index contributed by atoms with van der Waals surface area (Å²) >= 11 is 3.01. The Labute approximate surface area is 145 Å². The van der Waals surface area contributed by atoms with Crippen molar-refractivity contribution in [3.63, 3.8) is 0 Å². The average Bonchev–Trinajstić information content (AvgIpc) is 3.04. The van der Waals surface area contributed by atoms with Crippen LogP contribution in [-0.2, 0) is 12.2 Å². The Balaban J connectivity index is 1.65. The van der Waals surface area contributed by atoms with Crippen molar-refractivity contribution in [3.8, 4) is 0 Å². The molecule has 0 saturated carbocycles. The SMILES string of the molecule is CCc1nn2c(=O)cc(CSc3ncnc4ccccc34)nc2s1. The summed E-state index contributed by atoms with van der Waals surface area (Å²) in [5.41, 5.74) is 1.51. The second-order valence-corrected chi connectivity index (χ2v) is 7.12. The number of aromatic nitrogens is 5. The Kier molecular flexibility index (Phi) is 3.99. The van der Waals surface area contributed by atoms with E-state index < -0.39 is 0 Å². The van der Waals surface area contributed by atoms with Gasteiger partial charge >= 0.3 is 0 Å². The van der Waals surface area contributed by atoms with Crippen LogP contribution in [-0.4, -0.2) is 24.6 Å². The highest BCUT2D eigenvalue weighted by Gasteiger charge is 2.10. The number of hydrogen-bond acceptors (Lipinski definition) is 7. The predicted octanol–water partition coefficient (Wildman–Crippen LogP) is 2.95. The first-order valence-electron chi connectivity index (χ1n) is 7.46. The van der Waals surface area contributed by atoms with Crippen LogP contribution >= 0.6 is 23.1 Å². The van der Waals surface area contributed by atoms with E-state index in [0.717, 1.165) is 33.1 Å². The Morgan fingerprint density at radius 1 is 1.25 bits per heavy atom. The fraction of sp³-hybridized carbons (Fsp3) is 0.188. The molecule has 3 heterocycles. The summed E-state index contributed by atoms with van der Waals surface area (Å²) in [7, 11) is 0. The quantitative estimate of drug-likeness (QED) is 0.414. The Bertz CT molecular complexity index is 1080. The van der Waals surface area contributed by atoms with Gasteiger partial charge in [0.1, 0.15) is 16.4 Å². The fourth-order valence-electron chi connectivity index (χ4n) is 2.35. The van der Waals surface area contributed by atoms with Gasteiger partial charge in [-0.3, -0.25) is 4.79 Å². The van der Waals surface area contributed by atoms with Gasteiger partial charge in [-0.2, -0.15) is 9.61 Å². The second kappa shape index (κ2) is 6.29. The summed E-state index contributed by atoms with van der Waals surface area (Å²) in [6.07, 6.45) is 2.36. The van der Waals surface area contributed by atoms with Gasteiger partial charge in [0.05, 0.1) is 11.2 Å². The highest BCUT2D eigenvalue weighted by molar-refractivity contribution is 7.98. The summed E-state index contributed by atoms with van der Waals surface area (Å²) in [5, 5.41) is 7.07. The van der Waals surface area contributed by atoms with Crippen LogP contribution in [0.25, 0.3) is 15.9 Å². The molecule has 0 aliphatic heterocycles. The summed E-state index contributed by atoms with van der Waals surface area (Å²) in [4.78, 5) is 26.0. The molecular weight excluding hydrogens is 342 g/mol. The number of fused-ring (bicyclic) bond motifs is 2. The molecule has 120 valence electrons. The van der Waals surface area contributed by atoms with Crippen LogP contribution < -0.4 is 5.56 Å². The molecule has 0 N–H and O–H groups in total. The monoisotopic (exact) mass is 355 g/mol. The molecule has 1 aromatic carbocycles. The van der Waals surface area contributed by atoms with Gasteiger partial charge in [0.25, 0.3) is 5.56 Å². The molecule has 3 aromatic heterocycles. The average molecular weight is 355 g/mol. The van der Waals surface area contributed by atoms with E-state index in [1.165, 1.54) is 15.9 Å². The lowest BCUT2D eigenvalue weighted by Gasteiger charge is -2.04. The molecule has 6 nitrogen and oxygen atoms in total. The summed E-state index contributed by atoms with van der Waals surface area (Å²) in [5.74, 6) is 0.576. The number of hydrogen-bond donors (Lipinski definition) is 0. The second-order valence-electron chi connectivity index (χ2n) is 5.11. The lowest BCUT2D eigenvalue weighted by atomic mass is 10.2. The maximum absolute atomic E-state index is 12.2. The smallest absolute Gasteiger partial charge is 0.267 e. The van der Waals surface area contributed by atoms with Crippen molar-refractivity contribution in [2.75, 3.05) is 0 Å². The van der Waals surface area contributed by atoms with Crippen molar-refractivity contribution < 1.29 is 0 Å². The first-order chi connectivity index (χ1) is 11.7. The number of aryl methyl sites for hydroxylation is 1. The Hall–Kier alpha value is -2.32. The molecule has 0 saturated heterocycles. The van der Waals surface area contributed by atoms with Crippen molar-refractivity contribution in [2.45, 2.75) is 24.1 Å². The topological polar surface area (TPSA) is 73.0 Å². The lowest BCUT2D eigenvalue weighted by Crippen LogP contribution is -2.15. The van der Waals surface area contributed by atoms with E-state index >= 15 is 0 Å². The van der Waals surface area contributed by atoms with E-state index in [1.807, 2.05) is 31.2 Å². The van der Waals surface area contributed by atoms with Crippen LogP contribution in [0.5, 0.6) is 0 Å². The fourth-order valence-corrected chi connectivity index (χ4v) is 4.09. The Morgan fingerprint density at radius 2 is 2.12 bits per heavy atom. The first-order valence-corrected chi connectivity index (χ1v) is 9.26. The molecule has 0 aliphatic rings. The lowest BCUT2D eigenvalue weighted by molar-refractivity contribution is 0.852. The first kappa shape index (κ1) is 15.2. The standard InChI is InChI=1S/C16H13N5OS2/c1-2-13-20-21-14(22)7-10(19-16(21)24-13)8-23-15-11-5-3-4-6-12(11)17-9-18-15/h3-7,9H,2,8H2,1H3. The van der Waals surface area contributed by atoms with Crippen molar-refractivity contribution >= 4 is 39.0 Å². The molecule has 24 heavy (non-hydrogen) atoms. The number of para-hydroxylation sites is 1. The third-order valence-electron chi connectivity index (χ3n) is 3.51. The van der Waals surface area contributed by atoms with Gasteiger partial charge in [-0.25, -0.2) is 15.0 Å². The zero-order valence-electron chi connectivity index (χ0n) is 12.8. The van der Waals surface area contributed by atoms with Gasteiger partial charge in [-0.1, -0.05) is 48.2 Å². The molecule has 0 aliphatic carbocycles. The minimum Gasteiger partial charge on any atom is -0.267 e. The Morgan fingerprint density at radius 3 is 3.00 bits per heavy atom. The van der Waals surface area contributed by atoms with E-state index in [1.54, 1.807) is 24.2 Å². The molecule has 0 bridgehead atoms. The zero-order chi connectivity index (χ0) is 16.5. The molecule has 0 amide bonds.